The van der Waals surface area contributed by atoms with Crippen LogP contribution in [0.3, 0.4) is 0 Å². The summed E-state index contributed by atoms with van der Waals surface area (Å²) in [5.41, 5.74) is 5.83. The second kappa shape index (κ2) is 4.56. The Bertz CT molecular complexity index is 656. The monoisotopic (exact) mass is 264 g/mol. The van der Waals surface area contributed by atoms with Crippen LogP contribution in [0.4, 0.5) is 5.69 Å². The van der Waals surface area contributed by atoms with Crippen LogP contribution in [0.5, 0.6) is 0 Å². The third-order valence-electron chi connectivity index (χ3n) is 2.74. The minimum absolute atomic E-state index is 0.0123. The van der Waals surface area contributed by atoms with Crippen LogP contribution in [-0.2, 0) is 6.54 Å². The van der Waals surface area contributed by atoms with Gasteiger partial charge in [0.1, 0.15) is 17.1 Å². The van der Waals surface area contributed by atoms with Crippen molar-refractivity contribution in [3.05, 3.63) is 45.2 Å². The number of hydrogen-bond acceptors (Lipinski definition) is 5. The molecule has 8 heteroatoms. The highest BCUT2D eigenvalue weighted by Gasteiger charge is 2.22. The predicted molar refractivity (Wildman–Crippen MR) is 64.7 cm³/mol. The first-order valence-corrected chi connectivity index (χ1v) is 5.47. The maximum Gasteiger partial charge on any atom is 0.312 e. The van der Waals surface area contributed by atoms with Crippen molar-refractivity contribution >= 4 is 11.6 Å². The minimum Gasteiger partial charge on any atom is -0.454 e. The number of amides is 1. The smallest absolute Gasteiger partial charge is 0.312 e. The Hall–Kier alpha value is -2.64. The summed E-state index contributed by atoms with van der Waals surface area (Å²) in [6.07, 6.45) is 0. The van der Waals surface area contributed by atoms with Crippen LogP contribution in [0.15, 0.2) is 16.5 Å². The number of nitro groups is 1. The van der Waals surface area contributed by atoms with Crippen LogP contribution in [0.2, 0.25) is 0 Å². The van der Waals surface area contributed by atoms with E-state index in [0.717, 1.165) is 0 Å². The average molecular weight is 264 g/mol. The van der Waals surface area contributed by atoms with Gasteiger partial charge in [-0.1, -0.05) is 0 Å². The van der Waals surface area contributed by atoms with Gasteiger partial charge in [-0.05, 0) is 26.0 Å². The lowest BCUT2D eigenvalue weighted by atomic mass is 10.3. The number of carbonyl (C=O) groups is 1. The highest BCUT2D eigenvalue weighted by Crippen LogP contribution is 2.22. The number of carbonyl (C=O) groups excluding carboxylic acids is 1. The zero-order valence-electron chi connectivity index (χ0n) is 10.4. The van der Waals surface area contributed by atoms with Crippen molar-refractivity contribution in [2.45, 2.75) is 20.4 Å². The Morgan fingerprint density at radius 2 is 2.21 bits per heavy atom. The van der Waals surface area contributed by atoms with Gasteiger partial charge in [0.05, 0.1) is 11.5 Å². The van der Waals surface area contributed by atoms with Crippen molar-refractivity contribution in [1.29, 1.82) is 0 Å². The number of nitrogens with zero attached hydrogens (tertiary/aromatic N) is 3. The molecule has 0 aliphatic heterocycles. The van der Waals surface area contributed by atoms with E-state index < -0.39 is 10.8 Å². The Morgan fingerprint density at radius 1 is 1.53 bits per heavy atom. The van der Waals surface area contributed by atoms with E-state index in [1.807, 2.05) is 0 Å². The van der Waals surface area contributed by atoms with Crippen LogP contribution in [0.1, 0.15) is 27.7 Å². The second-order valence-corrected chi connectivity index (χ2v) is 4.06. The van der Waals surface area contributed by atoms with Crippen molar-refractivity contribution in [3.8, 4) is 0 Å². The van der Waals surface area contributed by atoms with Crippen LogP contribution < -0.4 is 5.73 Å². The molecule has 100 valence electrons. The zero-order valence-corrected chi connectivity index (χ0v) is 10.4. The first-order valence-electron chi connectivity index (χ1n) is 5.47. The molecule has 0 fully saturated rings. The van der Waals surface area contributed by atoms with Gasteiger partial charge in [-0.3, -0.25) is 19.6 Å². The van der Waals surface area contributed by atoms with Gasteiger partial charge < -0.3 is 10.2 Å². The summed E-state index contributed by atoms with van der Waals surface area (Å²) in [5.74, 6) is -0.161. The number of nitrogens with two attached hydrogens (primary N) is 1. The first kappa shape index (κ1) is 12.8. The molecule has 0 saturated heterocycles. The molecule has 0 aromatic carbocycles. The normalized spacial score (nSPS) is 10.6. The van der Waals surface area contributed by atoms with Gasteiger partial charge in [-0.15, -0.1) is 0 Å². The van der Waals surface area contributed by atoms with Gasteiger partial charge in [0, 0.05) is 0 Å². The largest absolute Gasteiger partial charge is 0.454 e. The summed E-state index contributed by atoms with van der Waals surface area (Å²) in [6.45, 7) is 3.38. The number of aromatic nitrogens is 2. The second-order valence-electron chi connectivity index (χ2n) is 4.06. The van der Waals surface area contributed by atoms with Gasteiger partial charge in [-0.2, -0.15) is 5.10 Å². The topological polar surface area (TPSA) is 117 Å². The third-order valence-corrected chi connectivity index (χ3v) is 2.74. The van der Waals surface area contributed by atoms with E-state index in [9.17, 15) is 14.9 Å². The first-order chi connectivity index (χ1) is 8.90. The fourth-order valence-electron chi connectivity index (χ4n) is 1.85. The Kier molecular flexibility index (Phi) is 3.07. The van der Waals surface area contributed by atoms with E-state index in [0.29, 0.717) is 17.1 Å². The van der Waals surface area contributed by atoms with Gasteiger partial charge in [0.15, 0.2) is 5.76 Å². The fourth-order valence-corrected chi connectivity index (χ4v) is 1.85. The van der Waals surface area contributed by atoms with E-state index >= 15 is 0 Å². The number of rotatable bonds is 4. The average Bonchev–Trinajstić information content (AvgIpc) is 2.85. The molecule has 0 saturated carbocycles. The fraction of sp³-hybridized carbons (Fsp3) is 0.273. The molecular formula is C11H12N4O4. The van der Waals surface area contributed by atoms with Gasteiger partial charge >= 0.3 is 5.69 Å². The highest BCUT2D eigenvalue weighted by atomic mass is 16.6. The molecule has 8 nitrogen and oxygen atoms in total. The molecule has 2 aromatic rings. The Balaban J connectivity index is 2.31. The van der Waals surface area contributed by atoms with E-state index in [1.165, 1.54) is 10.7 Å². The molecule has 0 bridgehead atoms. The summed E-state index contributed by atoms with van der Waals surface area (Å²) in [5, 5.41) is 14.9. The molecule has 0 aliphatic rings. The maximum atomic E-state index is 10.9. The van der Waals surface area contributed by atoms with Crippen molar-refractivity contribution in [2.24, 2.45) is 5.73 Å². The van der Waals surface area contributed by atoms with Crippen LogP contribution in [0, 0.1) is 24.0 Å². The molecule has 2 aromatic heterocycles. The minimum atomic E-state index is -0.661. The molecule has 2 heterocycles. The SMILES string of the molecule is Cc1nn(Cc2ccc(C(N)=O)o2)c(C)c1[N+](=O)[O-]. The van der Waals surface area contributed by atoms with E-state index in [1.54, 1.807) is 19.9 Å². The number of hydrogen-bond donors (Lipinski definition) is 1. The third kappa shape index (κ3) is 2.32. The predicted octanol–water partition coefficient (Wildman–Crippen LogP) is 1.15. The zero-order chi connectivity index (χ0) is 14.2. The molecule has 2 rings (SSSR count). The number of furan rings is 1. The Labute approximate surface area is 108 Å². The Morgan fingerprint density at radius 3 is 2.68 bits per heavy atom. The van der Waals surface area contributed by atoms with E-state index in [4.69, 9.17) is 10.2 Å². The van der Waals surface area contributed by atoms with Gasteiger partial charge in [-0.25, -0.2) is 0 Å². The molecule has 0 aliphatic carbocycles. The van der Waals surface area contributed by atoms with Crippen LogP contribution >= 0.6 is 0 Å². The quantitative estimate of drug-likeness (QED) is 0.656. The van der Waals surface area contributed by atoms with E-state index in [-0.39, 0.29) is 18.0 Å². The van der Waals surface area contributed by atoms with Crippen molar-refractivity contribution < 1.29 is 14.1 Å². The van der Waals surface area contributed by atoms with E-state index in [2.05, 4.69) is 5.10 Å². The summed E-state index contributed by atoms with van der Waals surface area (Å²) < 4.78 is 6.66. The van der Waals surface area contributed by atoms with Gasteiger partial charge in [0.25, 0.3) is 5.91 Å². The van der Waals surface area contributed by atoms with Crippen molar-refractivity contribution in [1.82, 2.24) is 9.78 Å². The summed E-state index contributed by atoms with van der Waals surface area (Å²) in [4.78, 5) is 21.3. The molecule has 19 heavy (non-hydrogen) atoms. The van der Waals surface area contributed by atoms with Crippen LogP contribution in [0.25, 0.3) is 0 Å². The van der Waals surface area contributed by atoms with Gasteiger partial charge in [0.2, 0.25) is 0 Å². The van der Waals surface area contributed by atoms with Crippen LogP contribution in [-0.4, -0.2) is 20.6 Å². The molecule has 0 unspecified atom stereocenters. The standard InChI is InChI=1S/C11H12N4O4/c1-6-10(15(17)18)7(2)14(13-6)5-8-3-4-9(19-8)11(12)16/h3-4H,5H2,1-2H3,(H2,12,16). The lowest BCUT2D eigenvalue weighted by molar-refractivity contribution is -0.386. The highest BCUT2D eigenvalue weighted by molar-refractivity contribution is 5.89. The molecule has 2 N–H and O–H groups in total. The molecular weight excluding hydrogens is 252 g/mol. The molecule has 0 radical (unpaired) electrons. The lowest BCUT2D eigenvalue weighted by Gasteiger charge is -2.00. The molecule has 0 spiro atoms. The van der Waals surface area contributed by atoms with Crippen molar-refractivity contribution in [2.75, 3.05) is 0 Å². The summed E-state index contributed by atoms with van der Waals surface area (Å²) in [7, 11) is 0. The summed E-state index contributed by atoms with van der Waals surface area (Å²) >= 11 is 0. The number of aryl methyl sites for hydroxylation is 1. The molecule has 1 amide bonds. The summed E-state index contributed by atoms with van der Waals surface area (Å²) in [6, 6.07) is 3.04. The molecule has 0 atom stereocenters. The lowest BCUT2D eigenvalue weighted by Crippen LogP contribution is -2.09. The van der Waals surface area contributed by atoms with Crippen molar-refractivity contribution in [3.63, 3.8) is 0 Å². The number of primary amides is 1. The maximum absolute atomic E-state index is 10.9.